The van der Waals surface area contributed by atoms with Crippen molar-refractivity contribution in [3.05, 3.63) is 17.8 Å². The normalized spacial score (nSPS) is 22.9. The molecule has 2 heterocycles. The van der Waals surface area contributed by atoms with Gasteiger partial charge in [-0.15, -0.1) is 0 Å². The van der Waals surface area contributed by atoms with E-state index in [2.05, 4.69) is 10.4 Å². The Morgan fingerprint density at radius 1 is 1.53 bits per heavy atom. The number of rotatable bonds is 2. The molecule has 3 N–H and O–H groups in total. The van der Waals surface area contributed by atoms with E-state index in [9.17, 15) is 0 Å². The molecule has 0 amide bonds. The number of aryl methyl sites for hydroxylation is 1. The number of hydrazine groups is 1. The molecule has 0 unspecified atom stereocenters. The van der Waals surface area contributed by atoms with Crippen LogP contribution in [0.4, 0.5) is 5.82 Å². The van der Waals surface area contributed by atoms with Crippen molar-refractivity contribution in [1.29, 1.82) is 0 Å². The maximum absolute atomic E-state index is 5.89. The van der Waals surface area contributed by atoms with Crippen molar-refractivity contribution >= 4 is 18.4 Å². The average molecular weight is 235 g/mol. The van der Waals surface area contributed by atoms with Crippen molar-refractivity contribution < 1.29 is 9.31 Å². The Labute approximate surface area is 102 Å². The summed E-state index contributed by atoms with van der Waals surface area (Å²) in [5.41, 5.74) is 4.23. The van der Waals surface area contributed by atoms with Gasteiger partial charge in [0.05, 0.1) is 11.7 Å². The first-order valence-electron chi connectivity index (χ1n) is 5.70. The topological polar surface area (TPSA) is 69.4 Å². The summed E-state index contributed by atoms with van der Waals surface area (Å²) >= 11 is 0. The summed E-state index contributed by atoms with van der Waals surface area (Å²) in [7, 11) is -0.348. The number of hydrogen-bond donors (Lipinski definition) is 2. The summed E-state index contributed by atoms with van der Waals surface area (Å²) in [6.45, 7) is 8.05. The number of nitrogens with two attached hydrogens (primary N) is 1. The number of hydrogen-bond acceptors (Lipinski definition) is 5. The van der Waals surface area contributed by atoms with E-state index in [4.69, 9.17) is 15.2 Å². The van der Waals surface area contributed by atoms with Gasteiger partial charge >= 0.3 is 7.12 Å². The minimum Gasteiger partial charge on any atom is -0.402 e. The Kier molecular flexibility index (Phi) is 3.12. The summed E-state index contributed by atoms with van der Waals surface area (Å²) in [5.74, 6) is 5.95. The molecule has 1 aromatic rings. The number of pyridine rings is 1. The lowest BCUT2D eigenvalue weighted by Crippen LogP contribution is -2.36. The molecular formula is C11H18BN3O2. The third kappa shape index (κ3) is 2.29. The number of aromatic nitrogens is 1. The Balaban J connectivity index is 2.25. The summed E-state index contributed by atoms with van der Waals surface area (Å²) in [5, 5.41) is 0. The largest absolute Gasteiger partial charge is 0.496 e. The van der Waals surface area contributed by atoms with Crippen LogP contribution in [0.25, 0.3) is 0 Å². The van der Waals surface area contributed by atoms with E-state index in [0.717, 1.165) is 11.0 Å². The Morgan fingerprint density at radius 2 is 2.24 bits per heavy atom. The molecule has 1 fully saturated rings. The lowest BCUT2D eigenvalue weighted by Gasteiger charge is -2.21. The molecule has 0 saturated carbocycles. The van der Waals surface area contributed by atoms with Crippen molar-refractivity contribution in [2.45, 2.75) is 39.4 Å². The zero-order valence-corrected chi connectivity index (χ0v) is 10.7. The highest BCUT2D eigenvalue weighted by Gasteiger charge is 2.44. The summed E-state index contributed by atoms with van der Waals surface area (Å²) in [6.07, 6.45) is 1.79. The average Bonchev–Trinajstić information content (AvgIpc) is 2.53. The van der Waals surface area contributed by atoms with Crippen LogP contribution >= 0.6 is 0 Å². The summed E-state index contributed by atoms with van der Waals surface area (Å²) in [4.78, 5) is 4.18. The number of anilines is 1. The minimum atomic E-state index is -0.348. The molecule has 0 aromatic carbocycles. The molecule has 1 saturated heterocycles. The molecule has 1 aliphatic rings. The fourth-order valence-corrected chi connectivity index (χ4v) is 1.78. The molecule has 17 heavy (non-hydrogen) atoms. The van der Waals surface area contributed by atoms with Crippen LogP contribution in [0.2, 0.25) is 0 Å². The minimum absolute atomic E-state index is 0.0548. The molecule has 0 bridgehead atoms. The van der Waals surface area contributed by atoms with Crippen LogP contribution in [0.5, 0.6) is 0 Å². The third-order valence-electron chi connectivity index (χ3n) is 3.27. The van der Waals surface area contributed by atoms with Crippen LogP contribution in [-0.2, 0) is 9.31 Å². The molecule has 2 rings (SSSR count). The van der Waals surface area contributed by atoms with Crippen LogP contribution in [0, 0.1) is 6.92 Å². The molecule has 0 radical (unpaired) electrons. The van der Waals surface area contributed by atoms with E-state index < -0.39 is 0 Å². The van der Waals surface area contributed by atoms with Gasteiger partial charge < -0.3 is 14.7 Å². The van der Waals surface area contributed by atoms with Gasteiger partial charge in [-0.05, 0) is 39.3 Å². The van der Waals surface area contributed by atoms with Crippen molar-refractivity contribution in [2.24, 2.45) is 5.84 Å². The lowest BCUT2D eigenvalue weighted by molar-refractivity contribution is 0.0842. The van der Waals surface area contributed by atoms with Gasteiger partial charge in [0.15, 0.2) is 0 Å². The first-order valence-corrected chi connectivity index (χ1v) is 5.70. The fraction of sp³-hybridized carbons (Fsp3) is 0.545. The van der Waals surface area contributed by atoms with Crippen molar-refractivity contribution in [3.8, 4) is 0 Å². The molecule has 1 atom stereocenters. The second-order valence-electron chi connectivity index (χ2n) is 4.90. The fourth-order valence-electron chi connectivity index (χ4n) is 1.78. The number of nitrogens with zero attached hydrogens (tertiary/aromatic N) is 1. The van der Waals surface area contributed by atoms with E-state index in [1.807, 2.05) is 33.8 Å². The number of nitrogens with one attached hydrogen (secondary N) is 1. The highest BCUT2D eigenvalue weighted by Crippen LogP contribution is 2.27. The second-order valence-corrected chi connectivity index (χ2v) is 4.90. The van der Waals surface area contributed by atoms with Crippen LogP contribution in [0.3, 0.4) is 0 Å². The predicted octanol–water partition coefficient (Wildman–Crippen LogP) is 0.585. The van der Waals surface area contributed by atoms with Crippen molar-refractivity contribution in [3.63, 3.8) is 0 Å². The van der Waals surface area contributed by atoms with Crippen LogP contribution in [0.15, 0.2) is 12.3 Å². The highest BCUT2D eigenvalue weighted by atomic mass is 16.7. The molecule has 6 heteroatoms. The van der Waals surface area contributed by atoms with Gasteiger partial charge in [-0.3, -0.25) is 0 Å². The first-order chi connectivity index (χ1) is 7.94. The zero-order chi connectivity index (χ0) is 12.6. The van der Waals surface area contributed by atoms with E-state index in [1.165, 1.54) is 0 Å². The maximum Gasteiger partial charge on any atom is 0.496 e. The Morgan fingerprint density at radius 3 is 2.71 bits per heavy atom. The van der Waals surface area contributed by atoms with Gasteiger partial charge in [0, 0.05) is 11.7 Å². The molecule has 1 aliphatic heterocycles. The second kappa shape index (κ2) is 4.29. The summed E-state index contributed by atoms with van der Waals surface area (Å²) in [6, 6.07) is 1.87. The number of nitrogen functional groups attached to an aromatic ring is 1. The molecule has 0 aliphatic carbocycles. The molecular weight excluding hydrogens is 217 g/mol. The SMILES string of the molecule is Cc1cc(NN)ncc1B1O[C@@H](C)C(C)(C)O1. The first kappa shape index (κ1) is 12.4. The standard InChI is InChI=1S/C11H18BN3O2/c1-7-5-10(15-13)14-6-9(7)12-16-8(2)11(3,4)17-12/h5-6,8H,13H2,1-4H3,(H,14,15)/t8-/m0/s1. The zero-order valence-electron chi connectivity index (χ0n) is 10.7. The van der Waals surface area contributed by atoms with Gasteiger partial charge in [0.1, 0.15) is 5.82 Å². The molecule has 5 nitrogen and oxygen atoms in total. The summed E-state index contributed by atoms with van der Waals surface area (Å²) < 4.78 is 11.7. The molecule has 92 valence electrons. The van der Waals surface area contributed by atoms with Gasteiger partial charge in [-0.2, -0.15) is 0 Å². The van der Waals surface area contributed by atoms with Gasteiger partial charge in [0.2, 0.25) is 0 Å². The van der Waals surface area contributed by atoms with Crippen LogP contribution in [0.1, 0.15) is 26.3 Å². The van der Waals surface area contributed by atoms with E-state index in [1.54, 1.807) is 6.20 Å². The van der Waals surface area contributed by atoms with Crippen molar-refractivity contribution in [1.82, 2.24) is 4.98 Å². The third-order valence-corrected chi connectivity index (χ3v) is 3.27. The van der Waals surface area contributed by atoms with E-state index >= 15 is 0 Å². The Bertz CT molecular complexity index is 425. The molecule has 1 aromatic heterocycles. The van der Waals surface area contributed by atoms with E-state index in [-0.39, 0.29) is 18.8 Å². The van der Waals surface area contributed by atoms with Crippen LogP contribution in [-0.4, -0.2) is 23.8 Å². The van der Waals surface area contributed by atoms with Gasteiger partial charge in [-0.25, -0.2) is 10.8 Å². The van der Waals surface area contributed by atoms with Gasteiger partial charge in [0.25, 0.3) is 0 Å². The smallest absolute Gasteiger partial charge is 0.402 e. The quantitative estimate of drug-likeness (QED) is 0.446. The molecule has 0 spiro atoms. The van der Waals surface area contributed by atoms with E-state index in [0.29, 0.717) is 5.82 Å². The van der Waals surface area contributed by atoms with Gasteiger partial charge in [-0.1, -0.05) is 0 Å². The monoisotopic (exact) mass is 235 g/mol. The van der Waals surface area contributed by atoms with Crippen molar-refractivity contribution in [2.75, 3.05) is 5.43 Å². The predicted molar refractivity (Wildman–Crippen MR) is 67.9 cm³/mol. The highest BCUT2D eigenvalue weighted by molar-refractivity contribution is 6.62. The van der Waals surface area contributed by atoms with Crippen LogP contribution < -0.4 is 16.7 Å². The Hall–Kier alpha value is -1.11. The lowest BCUT2D eigenvalue weighted by atomic mass is 9.77. The maximum atomic E-state index is 5.89.